The highest BCUT2D eigenvalue weighted by Gasteiger charge is 2.24. The van der Waals surface area contributed by atoms with Crippen molar-refractivity contribution in [3.05, 3.63) is 200 Å². The number of nitrogens with zero attached hydrogens (tertiary/aromatic N) is 1. The summed E-state index contributed by atoms with van der Waals surface area (Å²) >= 11 is 0. The molecule has 244 valence electrons. The van der Waals surface area contributed by atoms with Gasteiger partial charge >= 0.3 is 0 Å². The number of para-hydroxylation sites is 1. The molecule has 0 fully saturated rings. The van der Waals surface area contributed by atoms with E-state index in [1.807, 2.05) is 0 Å². The summed E-state index contributed by atoms with van der Waals surface area (Å²) in [5.74, 6) is 0. The number of benzene rings is 9. The molecule has 0 unspecified atom stereocenters. The van der Waals surface area contributed by atoms with Crippen LogP contribution in [0.25, 0.3) is 76.9 Å². The summed E-state index contributed by atoms with van der Waals surface area (Å²) in [4.78, 5) is 2.46. The Morgan fingerprint density at radius 3 is 1.73 bits per heavy atom. The van der Waals surface area contributed by atoms with Crippen molar-refractivity contribution in [1.29, 1.82) is 0 Å². The van der Waals surface area contributed by atoms with E-state index in [0.29, 0.717) is 0 Å². The van der Waals surface area contributed by atoms with E-state index in [0.717, 1.165) is 61.3 Å². The fourth-order valence-corrected chi connectivity index (χ4v) is 7.82. The Morgan fingerprint density at radius 1 is 0.308 bits per heavy atom. The molecule has 0 spiro atoms. The molecule has 52 heavy (non-hydrogen) atoms. The Balaban J connectivity index is 1.28. The van der Waals surface area contributed by atoms with Gasteiger partial charge in [-0.15, -0.1) is 0 Å². The molecule has 0 N–H and O–H groups in total. The molecule has 0 bridgehead atoms. The minimum Gasteiger partial charge on any atom is -0.456 e. The number of anilines is 3. The predicted molar refractivity (Wildman–Crippen MR) is 220 cm³/mol. The van der Waals surface area contributed by atoms with Gasteiger partial charge in [0, 0.05) is 27.3 Å². The minimum atomic E-state index is 0.881. The van der Waals surface area contributed by atoms with Crippen LogP contribution in [-0.2, 0) is 0 Å². The van der Waals surface area contributed by atoms with Crippen LogP contribution in [0.4, 0.5) is 17.1 Å². The Morgan fingerprint density at radius 2 is 0.904 bits per heavy atom. The molecule has 2 heteroatoms. The van der Waals surface area contributed by atoms with Gasteiger partial charge in [-0.3, -0.25) is 0 Å². The number of rotatable bonds is 6. The molecular formula is C50H33NO. The normalized spacial score (nSPS) is 11.5. The molecule has 0 atom stereocenters. The lowest BCUT2D eigenvalue weighted by Gasteiger charge is -2.31. The average molecular weight is 664 g/mol. The maximum atomic E-state index is 6.57. The van der Waals surface area contributed by atoms with Gasteiger partial charge in [0.1, 0.15) is 11.2 Å². The largest absolute Gasteiger partial charge is 0.456 e. The van der Waals surface area contributed by atoms with Gasteiger partial charge in [0.05, 0.1) is 17.1 Å². The molecule has 0 aliphatic rings. The number of fused-ring (bicyclic) bond motifs is 5. The molecule has 10 rings (SSSR count). The van der Waals surface area contributed by atoms with Gasteiger partial charge in [0.15, 0.2) is 0 Å². The summed E-state index contributed by atoms with van der Waals surface area (Å²) in [6.45, 7) is 0. The van der Waals surface area contributed by atoms with Crippen LogP contribution in [0.1, 0.15) is 0 Å². The molecule has 0 amide bonds. The average Bonchev–Trinajstić information content (AvgIpc) is 3.59. The molecular weight excluding hydrogens is 631 g/mol. The van der Waals surface area contributed by atoms with E-state index in [4.69, 9.17) is 4.42 Å². The molecule has 0 saturated carbocycles. The number of hydrogen-bond acceptors (Lipinski definition) is 2. The third-order valence-electron chi connectivity index (χ3n) is 10.2. The zero-order valence-electron chi connectivity index (χ0n) is 28.4. The van der Waals surface area contributed by atoms with Crippen LogP contribution in [0, 0.1) is 0 Å². The Hall–Kier alpha value is -6.90. The molecule has 9 aromatic carbocycles. The molecule has 1 aromatic heterocycles. The maximum Gasteiger partial charge on any atom is 0.136 e. The molecule has 0 saturated heterocycles. The van der Waals surface area contributed by atoms with Gasteiger partial charge < -0.3 is 9.32 Å². The lowest BCUT2D eigenvalue weighted by Crippen LogP contribution is -2.13. The van der Waals surface area contributed by atoms with Crippen molar-refractivity contribution < 1.29 is 4.42 Å². The summed E-state index contributed by atoms with van der Waals surface area (Å²) in [5.41, 5.74) is 12.0. The van der Waals surface area contributed by atoms with Crippen molar-refractivity contribution in [2.75, 3.05) is 4.90 Å². The quantitative estimate of drug-likeness (QED) is 0.176. The summed E-state index contributed by atoms with van der Waals surface area (Å²) in [6.07, 6.45) is 0. The highest BCUT2D eigenvalue weighted by atomic mass is 16.3. The van der Waals surface area contributed by atoms with E-state index in [1.165, 1.54) is 32.7 Å². The first-order valence-electron chi connectivity index (χ1n) is 17.8. The lowest BCUT2D eigenvalue weighted by atomic mass is 9.93. The van der Waals surface area contributed by atoms with Crippen LogP contribution in [0.5, 0.6) is 0 Å². The van der Waals surface area contributed by atoms with Gasteiger partial charge in [-0.2, -0.15) is 0 Å². The van der Waals surface area contributed by atoms with E-state index in [2.05, 4.69) is 205 Å². The van der Waals surface area contributed by atoms with Crippen molar-refractivity contribution >= 4 is 60.5 Å². The summed E-state index contributed by atoms with van der Waals surface area (Å²) in [7, 11) is 0. The van der Waals surface area contributed by atoms with Gasteiger partial charge in [-0.25, -0.2) is 0 Å². The monoisotopic (exact) mass is 663 g/mol. The standard InChI is InChI=1S/C50H33NO/c1-3-15-34(16-4-1)39-29-30-47(43(31-39)36-17-5-2-6-18-36)51(45-27-13-22-35-19-9-10-23-40(35)45)46-26-12-11-24-41(46)42-25-14-28-48-50(42)44-32-37-20-7-8-21-38(37)33-49(44)52-48/h1-33H. The van der Waals surface area contributed by atoms with Crippen LogP contribution >= 0.6 is 0 Å². The molecule has 0 aliphatic carbocycles. The predicted octanol–water partition coefficient (Wildman–Crippen LogP) is 14.4. The van der Waals surface area contributed by atoms with Gasteiger partial charge in [0.25, 0.3) is 0 Å². The second-order valence-corrected chi connectivity index (χ2v) is 13.3. The van der Waals surface area contributed by atoms with Gasteiger partial charge in [-0.05, 0) is 80.9 Å². The molecule has 1 heterocycles. The SMILES string of the molecule is c1ccc(-c2ccc(N(c3ccccc3-c3cccc4oc5cc6ccccc6cc5c34)c3cccc4ccccc34)c(-c3ccccc3)c2)cc1. The van der Waals surface area contributed by atoms with Crippen molar-refractivity contribution in [3.63, 3.8) is 0 Å². The van der Waals surface area contributed by atoms with E-state index in [9.17, 15) is 0 Å². The van der Waals surface area contributed by atoms with Crippen LogP contribution in [-0.4, -0.2) is 0 Å². The van der Waals surface area contributed by atoms with Gasteiger partial charge in [0.2, 0.25) is 0 Å². The highest BCUT2D eigenvalue weighted by Crippen LogP contribution is 2.49. The molecule has 0 radical (unpaired) electrons. The topological polar surface area (TPSA) is 16.4 Å². The second kappa shape index (κ2) is 12.5. The second-order valence-electron chi connectivity index (χ2n) is 13.3. The highest BCUT2D eigenvalue weighted by molar-refractivity contribution is 6.17. The van der Waals surface area contributed by atoms with Crippen molar-refractivity contribution in [3.8, 4) is 33.4 Å². The first-order valence-corrected chi connectivity index (χ1v) is 17.8. The Kier molecular flexibility index (Phi) is 7.18. The van der Waals surface area contributed by atoms with E-state index in [1.54, 1.807) is 0 Å². The third kappa shape index (κ3) is 5.04. The number of furan rings is 1. The van der Waals surface area contributed by atoms with Crippen molar-refractivity contribution in [2.24, 2.45) is 0 Å². The molecule has 2 nitrogen and oxygen atoms in total. The summed E-state index contributed by atoms with van der Waals surface area (Å²) in [6, 6.07) is 71.8. The smallest absolute Gasteiger partial charge is 0.136 e. The van der Waals surface area contributed by atoms with Gasteiger partial charge in [-0.1, -0.05) is 158 Å². The van der Waals surface area contributed by atoms with E-state index >= 15 is 0 Å². The van der Waals surface area contributed by atoms with Crippen LogP contribution < -0.4 is 4.90 Å². The van der Waals surface area contributed by atoms with E-state index < -0.39 is 0 Å². The third-order valence-corrected chi connectivity index (χ3v) is 10.2. The first kappa shape index (κ1) is 30.0. The lowest BCUT2D eigenvalue weighted by molar-refractivity contribution is 0.669. The summed E-state index contributed by atoms with van der Waals surface area (Å²) in [5, 5.41) is 6.99. The van der Waals surface area contributed by atoms with Crippen LogP contribution in [0.3, 0.4) is 0 Å². The van der Waals surface area contributed by atoms with Crippen molar-refractivity contribution in [2.45, 2.75) is 0 Å². The fourth-order valence-electron chi connectivity index (χ4n) is 7.82. The molecule has 10 aromatic rings. The first-order chi connectivity index (χ1) is 25.8. The molecule has 0 aliphatic heterocycles. The van der Waals surface area contributed by atoms with Crippen LogP contribution in [0.15, 0.2) is 205 Å². The Bertz CT molecular complexity index is 2900. The maximum absolute atomic E-state index is 6.57. The fraction of sp³-hybridized carbons (Fsp3) is 0. The summed E-state index contributed by atoms with van der Waals surface area (Å²) < 4.78 is 6.57. The van der Waals surface area contributed by atoms with Crippen molar-refractivity contribution in [1.82, 2.24) is 0 Å². The zero-order chi connectivity index (χ0) is 34.4. The van der Waals surface area contributed by atoms with E-state index in [-0.39, 0.29) is 0 Å². The Labute approximate surface area is 302 Å². The number of hydrogen-bond donors (Lipinski definition) is 0. The van der Waals surface area contributed by atoms with Crippen LogP contribution in [0.2, 0.25) is 0 Å². The zero-order valence-corrected chi connectivity index (χ0v) is 28.4. The minimum absolute atomic E-state index is 0.881.